The number of aromatic amines is 1. The van der Waals surface area contributed by atoms with Crippen LogP contribution in [-0.2, 0) is 10.0 Å². The van der Waals surface area contributed by atoms with Gasteiger partial charge in [-0.3, -0.25) is 9.11 Å². The molecule has 0 saturated carbocycles. The largest absolute Gasteiger partial charge is 0.338 e. The first-order chi connectivity index (χ1) is 13.6. The zero-order valence-electron chi connectivity index (χ0n) is 15.0. The Morgan fingerprint density at radius 3 is 2.55 bits per heavy atom. The third-order valence-corrected chi connectivity index (χ3v) is 8.21. The fraction of sp³-hybridized carbons (Fsp3) is 0.278. The van der Waals surface area contributed by atoms with Crippen molar-refractivity contribution in [2.45, 2.75) is 23.8 Å². The molecular formula is C18H19F2N3O4S2. The van der Waals surface area contributed by atoms with Crippen molar-refractivity contribution in [1.29, 1.82) is 0 Å². The summed E-state index contributed by atoms with van der Waals surface area (Å²) in [5, 5.41) is 0.521. The van der Waals surface area contributed by atoms with Gasteiger partial charge in [-0.2, -0.15) is 10.6 Å². The lowest BCUT2D eigenvalue weighted by atomic mass is 10.0. The lowest BCUT2D eigenvalue weighted by Gasteiger charge is -2.26. The zero-order valence-corrected chi connectivity index (χ0v) is 16.7. The van der Waals surface area contributed by atoms with E-state index in [4.69, 9.17) is 0 Å². The summed E-state index contributed by atoms with van der Waals surface area (Å²) >= 11 is 0. The molecule has 0 spiro atoms. The standard InChI is InChI=1S/C18H19F2N3O4S2/c19-17(20)16-9-15-14(5-7-21-18(15)22-16)11-1-3-13(4-2-11)29(26,27)23-12-6-8-28(24,25)10-12/h1-5,7,9,12,17,23-25H,6,8,10H2,(H,21,22). The van der Waals surface area contributed by atoms with E-state index in [9.17, 15) is 26.3 Å². The maximum absolute atomic E-state index is 13.0. The summed E-state index contributed by atoms with van der Waals surface area (Å²) in [4.78, 5) is 6.68. The van der Waals surface area contributed by atoms with Crippen LogP contribution in [0.15, 0.2) is 47.5 Å². The van der Waals surface area contributed by atoms with E-state index >= 15 is 0 Å². The highest BCUT2D eigenvalue weighted by molar-refractivity contribution is 8.24. The molecule has 4 rings (SSSR count). The van der Waals surface area contributed by atoms with Crippen molar-refractivity contribution < 1.29 is 26.3 Å². The highest BCUT2D eigenvalue weighted by Crippen LogP contribution is 2.45. The molecule has 7 nitrogen and oxygen atoms in total. The molecule has 3 aromatic rings. The molecule has 11 heteroatoms. The summed E-state index contributed by atoms with van der Waals surface area (Å²) < 4.78 is 72.9. The molecule has 1 aliphatic rings. The molecule has 0 aliphatic carbocycles. The Labute approximate surface area is 167 Å². The smallest absolute Gasteiger partial charge is 0.278 e. The predicted molar refractivity (Wildman–Crippen MR) is 108 cm³/mol. The van der Waals surface area contributed by atoms with Crippen LogP contribution in [0.4, 0.5) is 8.78 Å². The SMILES string of the molecule is O=S(=O)(NC1CCS(O)(O)C1)c1ccc(-c2ccnc3[nH]c(C(F)F)cc23)cc1. The average Bonchev–Trinajstić information content (AvgIpc) is 3.24. The maximum Gasteiger partial charge on any atom is 0.278 e. The summed E-state index contributed by atoms with van der Waals surface area (Å²) in [7, 11) is -6.53. The molecule has 0 bridgehead atoms. The van der Waals surface area contributed by atoms with Crippen molar-refractivity contribution in [3.05, 3.63) is 48.3 Å². The molecule has 156 valence electrons. The zero-order chi connectivity index (χ0) is 20.8. The van der Waals surface area contributed by atoms with Crippen molar-refractivity contribution in [3.8, 4) is 11.1 Å². The second kappa shape index (κ2) is 7.33. The first-order valence-corrected chi connectivity index (χ1v) is 12.1. The fourth-order valence-corrected chi connectivity index (χ4v) is 6.53. The third kappa shape index (κ3) is 4.14. The molecule has 1 atom stereocenters. The first-order valence-electron chi connectivity index (χ1n) is 8.77. The molecule has 4 N–H and O–H groups in total. The lowest BCUT2D eigenvalue weighted by molar-refractivity contribution is 0.147. The van der Waals surface area contributed by atoms with E-state index in [2.05, 4.69) is 14.7 Å². The number of hydrogen-bond acceptors (Lipinski definition) is 5. The van der Waals surface area contributed by atoms with E-state index in [0.29, 0.717) is 28.6 Å². The van der Waals surface area contributed by atoms with Crippen LogP contribution in [0.2, 0.25) is 0 Å². The Morgan fingerprint density at radius 1 is 1.21 bits per heavy atom. The molecule has 0 amide bonds. The summed E-state index contributed by atoms with van der Waals surface area (Å²) in [6.07, 6.45) is -0.785. The summed E-state index contributed by atoms with van der Waals surface area (Å²) in [5.41, 5.74) is 1.41. The number of sulfonamides is 1. The minimum atomic E-state index is -3.82. The molecule has 3 heterocycles. The Kier molecular flexibility index (Phi) is 5.11. The Morgan fingerprint density at radius 2 is 1.93 bits per heavy atom. The number of benzene rings is 1. The number of pyridine rings is 1. The molecule has 1 saturated heterocycles. The lowest BCUT2D eigenvalue weighted by Crippen LogP contribution is -2.35. The van der Waals surface area contributed by atoms with Crippen LogP contribution < -0.4 is 4.72 Å². The van der Waals surface area contributed by atoms with Crippen molar-refractivity contribution in [3.63, 3.8) is 0 Å². The van der Waals surface area contributed by atoms with E-state index < -0.39 is 33.1 Å². The van der Waals surface area contributed by atoms with Crippen molar-refractivity contribution >= 4 is 31.6 Å². The number of aromatic nitrogens is 2. The van der Waals surface area contributed by atoms with E-state index in [1.165, 1.54) is 24.4 Å². The second-order valence-electron chi connectivity index (χ2n) is 6.95. The topological polar surface area (TPSA) is 115 Å². The summed E-state index contributed by atoms with van der Waals surface area (Å²) in [6, 6.07) is 8.55. The Balaban J connectivity index is 1.60. The van der Waals surface area contributed by atoms with Gasteiger partial charge < -0.3 is 4.98 Å². The molecule has 1 unspecified atom stereocenters. The monoisotopic (exact) mass is 443 g/mol. The quantitative estimate of drug-likeness (QED) is 0.476. The number of fused-ring (bicyclic) bond motifs is 1. The van der Waals surface area contributed by atoms with Gasteiger partial charge in [-0.15, -0.1) is 0 Å². The van der Waals surface area contributed by atoms with Crippen molar-refractivity contribution in [2.75, 3.05) is 11.5 Å². The highest BCUT2D eigenvalue weighted by atomic mass is 32.3. The van der Waals surface area contributed by atoms with Crippen molar-refractivity contribution in [1.82, 2.24) is 14.7 Å². The molecule has 2 aromatic heterocycles. The number of H-pyrrole nitrogens is 1. The third-order valence-electron chi connectivity index (χ3n) is 4.85. The van der Waals surface area contributed by atoms with Gasteiger partial charge in [-0.1, -0.05) is 12.1 Å². The van der Waals surface area contributed by atoms with Crippen LogP contribution in [0.3, 0.4) is 0 Å². The van der Waals surface area contributed by atoms with Crippen molar-refractivity contribution in [2.24, 2.45) is 0 Å². The van der Waals surface area contributed by atoms with Crippen LogP contribution in [0.5, 0.6) is 0 Å². The van der Waals surface area contributed by atoms with E-state index in [-0.39, 0.29) is 22.1 Å². The highest BCUT2D eigenvalue weighted by Gasteiger charge is 2.31. The van der Waals surface area contributed by atoms with Gasteiger partial charge in [0.05, 0.1) is 16.3 Å². The van der Waals surface area contributed by atoms with E-state index in [1.54, 1.807) is 18.2 Å². The fourth-order valence-electron chi connectivity index (χ4n) is 3.43. The number of alkyl halides is 2. The van der Waals surface area contributed by atoms with Gasteiger partial charge in [0, 0.05) is 23.4 Å². The number of hydrogen-bond donors (Lipinski definition) is 4. The average molecular weight is 443 g/mol. The van der Waals surface area contributed by atoms with Gasteiger partial charge in [0.2, 0.25) is 10.0 Å². The summed E-state index contributed by atoms with van der Waals surface area (Å²) in [6.45, 7) is 0. The van der Waals surface area contributed by atoms with Crippen LogP contribution in [-0.4, -0.2) is 45.0 Å². The molecule has 29 heavy (non-hydrogen) atoms. The normalized spacial score (nSPS) is 20.4. The minimum absolute atomic E-state index is 0.0132. The van der Waals surface area contributed by atoms with Gasteiger partial charge in [0.15, 0.2) is 0 Å². The number of nitrogens with one attached hydrogen (secondary N) is 2. The van der Waals surface area contributed by atoms with Crippen LogP contribution >= 0.6 is 10.6 Å². The number of nitrogens with zero attached hydrogens (tertiary/aromatic N) is 1. The minimum Gasteiger partial charge on any atom is -0.338 e. The molecular weight excluding hydrogens is 424 g/mol. The van der Waals surface area contributed by atoms with E-state index in [1.807, 2.05) is 0 Å². The Bertz CT molecular complexity index is 1150. The van der Waals surface area contributed by atoms with Gasteiger partial charge in [-0.05, 0) is 41.8 Å². The molecule has 1 fully saturated rings. The summed E-state index contributed by atoms with van der Waals surface area (Å²) in [5.74, 6) is 0.202. The van der Waals surface area contributed by atoms with E-state index in [0.717, 1.165) is 0 Å². The predicted octanol–water partition coefficient (Wildman–Crippen LogP) is 3.97. The van der Waals surface area contributed by atoms with Crippen LogP contribution in [0.25, 0.3) is 22.2 Å². The molecule has 1 aliphatic heterocycles. The second-order valence-corrected chi connectivity index (χ2v) is 11.0. The van der Waals surface area contributed by atoms with Crippen LogP contribution in [0.1, 0.15) is 18.5 Å². The molecule has 0 radical (unpaired) electrons. The maximum atomic E-state index is 13.0. The van der Waals surface area contributed by atoms with Gasteiger partial charge in [0.1, 0.15) is 5.65 Å². The van der Waals surface area contributed by atoms with Crippen LogP contribution in [0, 0.1) is 0 Å². The van der Waals surface area contributed by atoms with Gasteiger partial charge in [-0.25, -0.2) is 26.9 Å². The van der Waals surface area contributed by atoms with Gasteiger partial charge in [0.25, 0.3) is 6.43 Å². The molecule has 1 aromatic carbocycles. The number of rotatable bonds is 5. The van der Waals surface area contributed by atoms with Gasteiger partial charge >= 0.3 is 0 Å². The Hall–Kier alpha value is -2.05. The first kappa shape index (κ1) is 20.2. The number of halogens is 2.